The molecule has 2 aliphatic heterocycles. The van der Waals surface area contributed by atoms with Crippen LogP contribution in [0.1, 0.15) is 23.2 Å². The number of amides is 2. The van der Waals surface area contributed by atoms with Crippen molar-refractivity contribution in [3.63, 3.8) is 0 Å². The van der Waals surface area contributed by atoms with Gasteiger partial charge in [-0.15, -0.1) is 12.4 Å². The first-order valence-corrected chi connectivity index (χ1v) is 7.65. The van der Waals surface area contributed by atoms with Gasteiger partial charge in [-0.2, -0.15) is 0 Å². The topological polar surface area (TPSA) is 79.9 Å². The largest absolute Gasteiger partial charge is 0.496 e. The van der Waals surface area contributed by atoms with Crippen molar-refractivity contribution >= 4 is 30.1 Å². The molecular weight excluding hydrogens is 334 g/mol. The lowest BCUT2D eigenvalue weighted by atomic mass is 9.89. The van der Waals surface area contributed by atoms with E-state index < -0.39 is 5.97 Å². The quantitative estimate of drug-likeness (QED) is 0.804. The number of anilines is 1. The lowest BCUT2D eigenvalue weighted by Crippen LogP contribution is -2.51. The molecule has 0 unspecified atom stereocenters. The van der Waals surface area contributed by atoms with Crippen LogP contribution >= 0.6 is 12.4 Å². The Morgan fingerprint density at radius 1 is 1.25 bits per heavy atom. The van der Waals surface area contributed by atoms with Crippen molar-refractivity contribution in [3.8, 4) is 5.75 Å². The molecule has 3 rings (SSSR count). The van der Waals surface area contributed by atoms with Gasteiger partial charge in [-0.25, -0.2) is 9.59 Å². The van der Waals surface area contributed by atoms with Gasteiger partial charge in [0.25, 0.3) is 0 Å². The monoisotopic (exact) mass is 355 g/mol. The van der Waals surface area contributed by atoms with E-state index in [2.05, 4.69) is 10.6 Å². The summed E-state index contributed by atoms with van der Waals surface area (Å²) in [6.07, 6.45) is 1.82. The fourth-order valence-electron chi connectivity index (χ4n) is 3.23. The summed E-state index contributed by atoms with van der Waals surface area (Å²) in [5.74, 6) is -0.0671. The molecule has 0 radical (unpaired) electrons. The van der Waals surface area contributed by atoms with Gasteiger partial charge in [-0.05, 0) is 38.1 Å². The summed E-state index contributed by atoms with van der Waals surface area (Å²) >= 11 is 0. The first kappa shape index (κ1) is 18.4. The number of piperidine rings is 1. The number of hydrogen-bond acceptors (Lipinski definition) is 5. The minimum atomic E-state index is -0.464. The zero-order valence-electron chi connectivity index (χ0n) is 13.8. The number of hydrogen-bond donors (Lipinski definition) is 2. The highest BCUT2D eigenvalue weighted by Crippen LogP contribution is 2.32. The van der Waals surface area contributed by atoms with E-state index in [1.165, 1.54) is 14.2 Å². The van der Waals surface area contributed by atoms with Crippen molar-refractivity contribution in [1.29, 1.82) is 0 Å². The summed E-state index contributed by atoms with van der Waals surface area (Å²) < 4.78 is 10.0. The van der Waals surface area contributed by atoms with Crippen molar-refractivity contribution in [2.24, 2.45) is 0 Å². The predicted molar refractivity (Wildman–Crippen MR) is 92.3 cm³/mol. The van der Waals surface area contributed by atoms with E-state index in [0.29, 0.717) is 23.5 Å². The fourth-order valence-corrected chi connectivity index (χ4v) is 3.23. The highest BCUT2D eigenvalue weighted by Gasteiger charge is 2.43. The standard InChI is InChI=1S/C16H21N3O4.ClH/c1-22-13-9-11(3-4-12(13)14(20)23-2)19-10-16(18-15(19)21)5-7-17-8-6-16;/h3-4,9,17H,5-8,10H2,1-2H3,(H,18,21);1H. The summed E-state index contributed by atoms with van der Waals surface area (Å²) in [6.45, 7) is 2.42. The predicted octanol–water partition coefficient (Wildman–Crippen LogP) is 1.56. The maximum absolute atomic E-state index is 12.4. The maximum atomic E-state index is 12.4. The van der Waals surface area contributed by atoms with E-state index in [0.717, 1.165) is 25.9 Å². The normalized spacial score (nSPS) is 18.8. The molecule has 24 heavy (non-hydrogen) atoms. The molecule has 0 aromatic heterocycles. The Bertz CT molecular complexity index is 632. The molecule has 2 fully saturated rings. The second-order valence-electron chi connectivity index (χ2n) is 5.92. The molecule has 7 nitrogen and oxygen atoms in total. The van der Waals surface area contributed by atoms with Crippen molar-refractivity contribution in [2.75, 3.05) is 38.8 Å². The Kier molecular flexibility index (Phi) is 5.56. The third-order valence-corrected chi connectivity index (χ3v) is 4.54. The first-order chi connectivity index (χ1) is 11.1. The lowest BCUT2D eigenvalue weighted by Gasteiger charge is -2.33. The third-order valence-electron chi connectivity index (χ3n) is 4.54. The molecule has 132 valence electrons. The number of ether oxygens (including phenoxy) is 2. The second kappa shape index (κ2) is 7.27. The van der Waals surface area contributed by atoms with Crippen LogP contribution in [0.3, 0.4) is 0 Å². The molecular formula is C16H22ClN3O4. The Morgan fingerprint density at radius 2 is 1.96 bits per heavy atom. The fraction of sp³-hybridized carbons (Fsp3) is 0.500. The Morgan fingerprint density at radius 3 is 2.58 bits per heavy atom. The summed E-state index contributed by atoms with van der Waals surface area (Å²) in [4.78, 5) is 25.8. The average Bonchev–Trinajstić information content (AvgIpc) is 2.90. The number of rotatable bonds is 3. The molecule has 0 bridgehead atoms. The van der Waals surface area contributed by atoms with Gasteiger partial charge < -0.3 is 20.1 Å². The van der Waals surface area contributed by atoms with Crippen molar-refractivity contribution in [1.82, 2.24) is 10.6 Å². The Hall–Kier alpha value is -1.99. The average molecular weight is 356 g/mol. The summed E-state index contributed by atoms with van der Waals surface area (Å²) in [6, 6.07) is 4.96. The summed E-state index contributed by atoms with van der Waals surface area (Å²) in [5.41, 5.74) is 0.883. The third kappa shape index (κ3) is 3.27. The number of carbonyl (C=O) groups excluding carboxylic acids is 2. The zero-order chi connectivity index (χ0) is 16.4. The molecule has 0 atom stereocenters. The van der Waals surface area contributed by atoms with E-state index >= 15 is 0 Å². The number of esters is 1. The van der Waals surface area contributed by atoms with E-state index in [9.17, 15) is 9.59 Å². The second-order valence-corrected chi connectivity index (χ2v) is 5.92. The van der Waals surface area contributed by atoms with Gasteiger partial charge in [-0.3, -0.25) is 4.90 Å². The van der Waals surface area contributed by atoms with Gasteiger partial charge >= 0.3 is 12.0 Å². The van der Waals surface area contributed by atoms with E-state index in [-0.39, 0.29) is 24.0 Å². The van der Waals surface area contributed by atoms with E-state index in [1.807, 2.05) is 0 Å². The molecule has 1 spiro atoms. The van der Waals surface area contributed by atoms with Crippen LogP contribution in [0.2, 0.25) is 0 Å². The number of methoxy groups -OCH3 is 2. The molecule has 2 N–H and O–H groups in total. The van der Waals surface area contributed by atoms with Crippen LogP contribution in [0.15, 0.2) is 18.2 Å². The Labute approximate surface area is 147 Å². The van der Waals surface area contributed by atoms with Crippen LogP contribution in [-0.2, 0) is 4.74 Å². The number of nitrogens with zero attached hydrogens (tertiary/aromatic N) is 1. The van der Waals surface area contributed by atoms with Gasteiger partial charge in [0, 0.05) is 11.8 Å². The van der Waals surface area contributed by atoms with Crippen molar-refractivity contribution in [2.45, 2.75) is 18.4 Å². The number of benzene rings is 1. The molecule has 0 aliphatic carbocycles. The van der Waals surface area contributed by atoms with Crippen molar-refractivity contribution < 1.29 is 19.1 Å². The van der Waals surface area contributed by atoms with Gasteiger partial charge in [0.15, 0.2) is 0 Å². The van der Waals surface area contributed by atoms with Gasteiger partial charge in [0.2, 0.25) is 0 Å². The molecule has 8 heteroatoms. The van der Waals surface area contributed by atoms with Crippen molar-refractivity contribution in [3.05, 3.63) is 23.8 Å². The lowest BCUT2D eigenvalue weighted by molar-refractivity contribution is 0.0597. The van der Waals surface area contributed by atoms with Crippen LogP contribution < -0.4 is 20.3 Å². The Balaban J connectivity index is 0.00000208. The van der Waals surface area contributed by atoms with E-state index in [1.54, 1.807) is 23.1 Å². The molecule has 0 saturated carbocycles. The molecule has 2 aliphatic rings. The molecule has 1 aromatic carbocycles. The minimum absolute atomic E-state index is 0. The number of halogens is 1. The number of nitrogens with one attached hydrogen (secondary N) is 2. The van der Waals surface area contributed by atoms with Crippen LogP contribution in [0.5, 0.6) is 5.75 Å². The SMILES string of the molecule is COC(=O)c1ccc(N2CC3(CCNCC3)NC2=O)cc1OC.Cl. The first-order valence-electron chi connectivity index (χ1n) is 7.65. The number of carbonyl (C=O) groups is 2. The molecule has 2 saturated heterocycles. The van der Waals surface area contributed by atoms with E-state index in [4.69, 9.17) is 9.47 Å². The van der Waals surface area contributed by atoms with Gasteiger partial charge in [-0.1, -0.05) is 0 Å². The molecule has 1 aromatic rings. The number of urea groups is 1. The summed E-state index contributed by atoms with van der Waals surface area (Å²) in [5, 5.41) is 6.43. The van der Waals surface area contributed by atoms with Gasteiger partial charge in [0.05, 0.1) is 26.3 Å². The van der Waals surface area contributed by atoms with Crippen LogP contribution in [0.4, 0.5) is 10.5 Å². The minimum Gasteiger partial charge on any atom is -0.496 e. The van der Waals surface area contributed by atoms with Gasteiger partial charge in [0.1, 0.15) is 11.3 Å². The molecule has 2 heterocycles. The van der Waals surface area contributed by atoms with Crippen LogP contribution in [0, 0.1) is 0 Å². The highest BCUT2D eigenvalue weighted by molar-refractivity contribution is 5.97. The van der Waals surface area contributed by atoms with Crippen LogP contribution in [0.25, 0.3) is 0 Å². The smallest absolute Gasteiger partial charge is 0.341 e. The maximum Gasteiger partial charge on any atom is 0.341 e. The molecule has 2 amide bonds. The van der Waals surface area contributed by atoms with Crippen LogP contribution in [-0.4, -0.2) is 51.4 Å². The zero-order valence-corrected chi connectivity index (χ0v) is 14.6. The summed E-state index contributed by atoms with van der Waals surface area (Å²) in [7, 11) is 2.81. The highest BCUT2D eigenvalue weighted by atomic mass is 35.5.